The Morgan fingerprint density at radius 2 is 1.86 bits per heavy atom. The lowest BCUT2D eigenvalue weighted by Gasteiger charge is -2.08. The molecule has 2 aromatic carbocycles. The van der Waals surface area contributed by atoms with Crippen molar-refractivity contribution < 1.29 is 9.53 Å². The molecular weight excluding hydrogens is 284 g/mol. The molecule has 0 fully saturated rings. The van der Waals surface area contributed by atoms with Crippen LogP contribution in [0.2, 0.25) is 0 Å². The minimum absolute atomic E-state index is 0.229. The molecule has 1 amide bonds. The zero-order valence-corrected chi connectivity index (χ0v) is 11.8. The third-order valence-electron chi connectivity index (χ3n) is 2.74. The van der Waals surface area contributed by atoms with Crippen molar-refractivity contribution in [3.05, 3.63) is 71.2 Å². The number of carbonyl (C=O) groups excluding carboxylic acids is 1. The van der Waals surface area contributed by atoms with Gasteiger partial charge in [0.25, 0.3) is 5.91 Å². The predicted octanol–water partition coefficient (Wildman–Crippen LogP) is 4.19. The van der Waals surface area contributed by atoms with Gasteiger partial charge >= 0.3 is 0 Å². The molecule has 0 atom stereocenters. The molecule has 5 heteroatoms. The van der Waals surface area contributed by atoms with Gasteiger partial charge in [-0.25, -0.2) is 4.98 Å². The van der Waals surface area contributed by atoms with Crippen molar-refractivity contribution in [2.45, 2.75) is 0 Å². The molecule has 3 rings (SSSR count). The van der Waals surface area contributed by atoms with E-state index in [1.54, 1.807) is 17.0 Å². The van der Waals surface area contributed by atoms with Gasteiger partial charge in [-0.1, -0.05) is 24.3 Å². The Bertz CT molecular complexity index is 727. The highest BCUT2D eigenvalue weighted by molar-refractivity contribution is 7.07. The maximum Gasteiger partial charge on any atom is 0.275 e. The predicted molar refractivity (Wildman–Crippen MR) is 83.0 cm³/mol. The molecule has 104 valence electrons. The molecule has 1 N–H and O–H groups in total. The molecule has 0 unspecified atom stereocenters. The fourth-order valence-electron chi connectivity index (χ4n) is 1.78. The molecule has 1 heterocycles. The second kappa shape index (κ2) is 6.19. The number of nitrogens with one attached hydrogen (secondary N) is 1. The summed E-state index contributed by atoms with van der Waals surface area (Å²) < 4.78 is 5.73. The van der Waals surface area contributed by atoms with E-state index in [0.717, 1.165) is 5.75 Å². The maximum absolute atomic E-state index is 11.9. The van der Waals surface area contributed by atoms with Gasteiger partial charge in [0.15, 0.2) is 0 Å². The van der Waals surface area contributed by atoms with Crippen LogP contribution in [0.1, 0.15) is 10.5 Å². The summed E-state index contributed by atoms with van der Waals surface area (Å²) in [5.74, 6) is 1.19. The van der Waals surface area contributed by atoms with Crippen LogP contribution in [0.25, 0.3) is 0 Å². The summed E-state index contributed by atoms with van der Waals surface area (Å²) in [5.41, 5.74) is 2.71. The first-order valence-corrected chi connectivity index (χ1v) is 7.28. The Morgan fingerprint density at radius 3 is 2.62 bits per heavy atom. The van der Waals surface area contributed by atoms with Gasteiger partial charge in [0.05, 0.1) is 5.51 Å². The second-order valence-electron chi connectivity index (χ2n) is 4.27. The van der Waals surface area contributed by atoms with Crippen LogP contribution < -0.4 is 10.1 Å². The van der Waals surface area contributed by atoms with Crippen molar-refractivity contribution in [3.8, 4) is 11.5 Å². The maximum atomic E-state index is 11.9. The van der Waals surface area contributed by atoms with Gasteiger partial charge in [-0.2, -0.15) is 0 Å². The van der Waals surface area contributed by atoms with E-state index < -0.39 is 0 Å². The fraction of sp³-hybridized carbons (Fsp3) is 0. The smallest absolute Gasteiger partial charge is 0.275 e. The van der Waals surface area contributed by atoms with Gasteiger partial charge in [-0.05, 0) is 24.3 Å². The number of hydrogen-bond donors (Lipinski definition) is 1. The molecule has 0 spiro atoms. The topological polar surface area (TPSA) is 51.2 Å². The van der Waals surface area contributed by atoms with Gasteiger partial charge in [-0.3, -0.25) is 4.79 Å². The van der Waals surface area contributed by atoms with Crippen LogP contribution in [-0.2, 0) is 0 Å². The molecule has 0 bridgehead atoms. The van der Waals surface area contributed by atoms with E-state index in [9.17, 15) is 4.79 Å². The highest BCUT2D eigenvalue weighted by Crippen LogP contribution is 2.24. The summed E-state index contributed by atoms with van der Waals surface area (Å²) in [6, 6.07) is 16.7. The van der Waals surface area contributed by atoms with Crippen molar-refractivity contribution in [1.82, 2.24) is 4.98 Å². The number of nitrogens with zero attached hydrogens (tertiary/aromatic N) is 1. The Morgan fingerprint density at radius 1 is 1.05 bits per heavy atom. The van der Waals surface area contributed by atoms with Gasteiger partial charge in [0.2, 0.25) is 0 Å². The van der Waals surface area contributed by atoms with Crippen LogP contribution >= 0.6 is 11.3 Å². The highest BCUT2D eigenvalue weighted by Gasteiger charge is 2.08. The standard InChI is InChI=1S/C16H12N2O2S/c19-16(15-10-21-11-17-15)18-12-5-4-8-14(9-12)20-13-6-2-1-3-7-13/h1-11H,(H,18,19). The van der Waals surface area contributed by atoms with Gasteiger partial charge in [0, 0.05) is 17.1 Å². The summed E-state index contributed by atoms with van der Waals surface area (Å²) >= 11 is 1.39. The number of thiazole rings is 1. The molecule has 0 aliphatic heterocycles. The molecular formula is C16H12N2O2S. The lowest BCUT2D eigenvalue weighted by Crippen LogP contribution is -2.11. The van der Waals surface area contributed by atoms with E-state index in [1.165, 1.54) is 11.3 Å². The molecule has 3 aromatic rings. The largest absolute Gasteiger partial charge is 0.457 e. The Hall–Kier alpha value is -2.66. The first kappa shape index (κ1) is 13.3. The number of benzene rings is 2. The van der Waals surface area contributed by atoms with Crippen LogP contribution in [0.4, 0.5) is 5.69 Å². The Balaban J connectivity index is 1.73. The van der Waals surface area contributed by atoms with E-state index in [-0.39, 0.29) is 5.91 Å². The van der Waals surface area contributed by atoms with Gasteiger partial charge < -0.3 is 10.1 Å². The van der Waals surface area contributed by atoms with Crippen molar-refractivity contribution in [2.24, 2.45) is 0 Å². The van der Waals surface area contributed by atoms with Crippen LogP contribution in [0.3, 0.4) is 0 Å². The van der Waals surface area contributed by atoms with Crippen LogP contribution in [0, 0.1) is 0 Å². The first-order valence-electron chi connectivity index (χ1n) is 6.34. The summed E-state index contributed by atoms with van der Waals surface area (Å²) in [7, 11) is 0. The lowest BCUT2D eigenvalue weighted by molar-refractivity contribution is 0.102. The number of aromatic nitrogens is 1. The number of carbonyl (C=O) groups is 1. The van der Waals surface area contributed by atoms with E-state index in [2.05, 4.69) is 10.3 Å². The minimum atomic E-state index is -0.229. The molecule has 21 heavy (non-hydrogen) atoms. The van der Waals surface area contributed by atoms with Crippen molar-refractivity contribution in [2.75, 3.05) is 5.32 Å². The molecule has 4 nitrogen and oxygen atoms in total. The summed E-state index contributed by atoms with van der Waals surface area (Å²) in [6.07, 6.45) is 0. The van der Waals surface area contributed by atoms with Crippen molar-refractivity contribution >= 4 is 22.9 Å². The summed E-state index contributed by atoms with van der Waals surface area (Å²) in [6.45, 7) is 0. The third-order valence-corrected chi connectivity index (χ3v) is 3.32. The highest BCUT2D eigenvalue weighted by atomic mass is 32.1. The lowest BCUT2D eigenvalue weighted by atomic mass is 10.3. The average molecular weight is 296 g/mol. The van der Waals surface area contributed by atoms with Gasteiger partial charge in [-0.15, -0.1) is 11.3 Å². The molecule has 0 radical (unpaired) electrons. The van der Waals surface area contributed by atoms with E-state index in [1.807, 2.05) is 48.5 Å². The molecule has 1 aromatic heterocycles. The van der Waals surface area contributed by atoms with Crippen LogP contribution in [-0.4, -0.2) is 10.9 Å². The number of rotatable bonds is 4. The summed E-state index contributed by atoms with van der Waals surface area (Å²) in [4.78, 5) is 15.9. The molecule has 0 saturated carbocycles. The Labute approximate surface area is 126 Å². The molecule has 0 saturated heterocycles. The molecule has 0 aliphatic carbocycles. The quantitative estimate of drug-likeness (QED) is 0.785. The normalized spacial score (nSPS) is 10.1. The molecule has 0 aliphatic rings. The number of para-hydroxylation sites is 1. The number of hydrogen-bond acceptors (Lipinski definition) is 4. The average Bonchev–Trinajstić information content (AvgIpc) is 3.03. The van der Waals surface area contributed by atoms with Crippen molar-refractivity contribution in [3.63, 3.8) is 0 Å². The number of anilines is 1. The van der Waals surface area contributed by atoms with Crippen molar-refractivity contribution in [1.29, 1.82) is 0 Å². The Kier molecular flexibility index (Phi) is 3.93. The van der Waals surface area contributed by atoms with E-state index in [4.69, 9.17) is 4.74 Å². The summed E-state index contributed by atoms with van der Waals surface area (Å²) in [5, 5.41) is 4.50. The van der Waals surface area contributed by atoms with Crippen LogP contribution in [0.5, 0.6) is 11.5 Å². The van der Waals surface area contributed by atoms with Crippen LogP contribution in [0.15, 0.2) is 65.5 Å². The van der Waals surface area contributed by atoms with E-state index >= 15 is 0 Å². The number of amides is 1. The second-order valence-corrected chi connectivity index (χ2v) is 4.99. The minimum Gasteiger partial charge on any atom is -0.457 e. The fourth-order valence-corrected chi connectivity index (χ4v) is 2.31. The first-order chi connectivity index (χ1) is 10.3. The monoisotopic (exact) mass is 296 g/mol. The zero-order valence-electron chi connectivity index (χ0n) is 11.0. The third kappa shape index (κ3) is 3.46. The SMILES string of the molecule is O=C(Nc1cccc(Oc2ccccc2)c1)c1cscn1. The zero-order chi connectivity index (χ0) is 14.5. The van der Waals surface area contributed by atoms with E-state index in [0.29, 0.717) is 17.1 Å². The number of ether oxygens (including phenoxy) is 1. The van der Waals surface area contributed by atoms with Gasteiger partial charge in [0.1, 0.15) is 17.2 Å².